The van der Waals surface area contributed by atoms with E-state index in [9.17, 15) is 4.79 Å². The highest BCUT2D eigenvalue weighted by Gasteiger charge is 2.25. The number of aryl methyl sites for hydroxylation is 2. The van der Waals surface area contributed by atoms with Crippen LogP contribution in [0.15, 0.2) is 72.9 Å². The van der Waals surface area contributed by atoms with Gasteiger partial charge in [0.2, 0.25) is 0 Å². The number of ether oxygens (including phenoxy) is 1. The van der Waals surface area contributed by atoms with E-state index in [4.69, 9.17) is 4.74 Å². The summed E-state index contributed by atoms with van der Waals surface area (Å²) < 4.78 is 8.14. The molecule has 0 atom stereocenters. The summed E-state index contributed by atoms with van der Waals surface area (Å²) in [4.78, 5) is 15.3. The first-order valence-corrected chi connectivity index (χ1v) is 11.2. The summed E-state index contributed by atoms with van der Waals surface area (Å²) in [5.74, 6) is 0.928. The van der Waals surface area contributed by atoms with Crippen molar-refractivity contribution >= 4 is 16.8 Å². The molecule has 1 aromatic heterocycles. The Labute approximate surface area is 189 Å². The number of amides is 1. The van der Waals surface area contributed by atoms with Crippen molar-refractivity contribution in [1.82, 2.24) is 9.47 Å². The molecule has 3 aromatic carbocycles. The summed E-state index contributed by atoms with van der Waals surface area (Å²) >= 11 is 0. The minimum atomic E-state index is 0.0931. The van der Waals surface area contributed by atoms with Gasteiger partial charge in [-0.05, 0) is 61.2 Å². The Morgan fingerprint density at radius 3 is 2.66 bits per heavy atom. The number of carbonyl (C=O) groups is 1. The van der Waals surface area contributed by atoms with Crippen molar-refractivity contribution in [2.45, 2.75) is 26.8 Å². The predicted octanol–water partition coefficient (Wildman–Crippen LogP) is 5.38. The van der Waals surface area contributed by atoms with Gasteiger partial charge in [-0.15, -0.1) is 0 Å². The number of carbonyl (C=O) groups excluding carboxylic acids is 1. The molecule has 1 aliphatic heterocycles. The molecule has 0 saturated heterocycles. The fraction of sp³-hybridized carbons (Fsp3) is 0.250. The Bertz CT molecular complexity index is 1270. The Hall–Kier alpha value is -3.53. The number of nitrogens with zero attached hydrogens (tertiary/aromatic N) is 2. The van der Waals surface area contributed by atoms with Crippen LogP contribution in [0, 0.1) is 13.8 Å². The van der Waals surface area contributed by atoms with Gasteiger partial charge in [0.25, 0.3) is 5.91 Å². The second kappa shape index (κ2) is 8.54. The van der Waals surface area contributed by atoms with Crippen molar-refractivity contribution in [1.29, 1.82) is 0 Å². The van der Waals surface area contributed by atoms with Gasteiger partial charge in [-0.3, -0.25) is 4.79 Å². The summed E-state index contributed by atoms with van der Waals surface area (Å²) in [6, 6.07) is 22.5. The number of rotatable bonds is 6. The molecular weight excluding hydrogens is 396 g/mol. The third-order valence-electron chi connectivity index (χ3n) is 6.37. The van der Waals surface area contributed by atoms with Crippen molar-refractivity contribution in [3.8, 4) is 5.75 Å². The molecule has 0 aliphatic carbocycles. The average Bonchev–Trinajstić information content (AvgIpc) is 3.09. The molecule has 5 rings (SSSR count). The topological polar surface area (TPSA) is 34.5 Å². The van der Waals surface area contributed by atoms with Gasteiger partial charge >= 0.3 is 0 Å². The van der Waals surface area contributed by atoms with Crippen LogP contribution in [-0.4, -0.2) is 35.1 Å². The minimum Gasteiger partial charge on any atom is -0.492 e. The first-order chi connectivity index (χ1) is 15.6. The molecule has 0 unspecified atom stereocenters. The molecule has 0 saturated carbocycles. The SMILES string of the molecule is Cc1ccc(C)c(Cn2cc3c4c(cccc42)C(=O)N(CCOc2ccccc2)CC3)c1. The fourth-order valence-electron chi connectivity index (χ4n) is 4.62. The first kappa shape index (κ1) is 20.4. The molecule has 4 heteroatoms. The second-order valence-corrected chi connectivity index (χ2v) is 8.62. The quantitative estimate of drug-likeness (QED) is 0.416. The van der Waals surface area contributed by atoms with Gasteiger partial charge in [0.05, 0.1) is 6.54 Å². The van der Waals surface area contributed by atoms with E-state index < -0.39 is 0 Å². The molecule has 4 nitrogen and oxygen atoms in total. The van der Waals surface area contributed by atoms with Crippen LogP contribution in [0.25, 0.3) is 10.9 Å². The van der Waals surface area contributed by atoms with Crippen LogP contribution >= 0.6 is 0 Å². The van der Waals surface area contributed by atoms with Crippen molar-refractivity contribution in [3.63, 3.8) is 0 Å². The lowest BCUT2D eigenvalue weighted by molar-refractivity contribution is 0.0737. The predicted molar refractivity (Wildman–Crippen MR) is 129 cm³/mol. The Balaban J connectivity index is 1.40. The molecule has 4 aromatic rings. The molecule has 162 valence electrons. The molecule has 0 N–H and O–H groups in total. The summed E-state index contributed by atoms with van der Waals surface area (Å²) in [5, 5.41) is 1.11. The number of hydrogen-bond donors (Lipinski definition) is 0. The summed E-state index contributed by atoms with van der Waals surface area (Å²) in [7, 11) is 0. The maximum Gasteiger partial charge on any atom is 0.254 e. The number of aromatic nitrogens is 1. The molecule has 0 bridgehead atoms. The largest absolute Gasteiger partial charge is 0.492 e. The number of hydrogen-bond acceptors (Lipinski definition) is 2. The van der Waals surface area contributed by atoms with Crippen molar-refractivity contribution in [2.24, 2.45) is 0 Å². The van der Waals surface area contributed by atoms with Gasteiger partial charge in [0.15, 0.2) is 0 Å². The number of benzene rings is 3. The van der Waals surface area contributed by atoms with Crippen LogP contribution in [0.3, 0.4) is 0 Å². The molecule has 1 aliphatic rings. The van der Waals surface area contributed by atoms with Gasteiger partial charge in [-0.25, -0.2) is 0 Å². The van der Waals surface area contributed by atoms with Crippen LogP contribution < -0.4 is 4.74 Å². The van der Waals surface area contributed by atoms with E-state index in [1.807, 2.05) is 47.4 Å². The maximum absolute atomic E-state index is 13.4. The van der Waals surface area contributed by atoms with Gasteiger partial charge < -0.3 is 14.2 Å². The van der Waals surface area contributed by atoms with Gasteiger partial charge in [0.1, 0.15) is 12.4 Å². The zero-order chi connectivity index (χ0) is 22.1. The number of para-hydroxylation sites is 1. The van der Waals surface area contributed by atoms with E-state index in [0.717, 1.165) is 35.2 Å². The summed E-state index contributed by atoms with van der Waals surface area (Å²) in [6.45, 7) is 6.88. The molecule has 1 amide bonds. The van der Waals surface area contributed by atoms with Crippen LogP contribution in [-0.2, 0) is 13.0 Å². The van der Waals surface area contributed by atoms with Crippen LogP contribution in [0.4, 0.5) is 0 Å². The zero-order valence-electron chi connectivity index (χ0n) is 18.7. The van der Waals surface area contributed by atoms with E-state index >= 15 is 0 Å². The van der Waals surface area contributed by atoms with Crippen LogP contribution in [0.1, 0.15) is 32.6 Å². The van der Waals surface area contributed by atoms with E-state index in [1.54, 1.807) is 0 Å². The van der Waals surface area contributed by atoms with Gasteiger partial charge in [0, 0.05) is 35.8 Å². The van der Waals surface area contributed by atoms with Gasteiger partial charge in [-0.2, -0.15) is 0 Å². The van der Waals surface area contributed by atoms with E-state index in [1.165, 1.54) is 22.3 Å². The highest BCUT2D eigenvalue weighted by atomic mass is 16.5. The lowest BCUT2D eigenvalue weighted by Gasteiger charge is -2.21. The summed E-state index contributed by atoms with van der Waals surface area (Å²) in [5.41, 5.74) is 7.07. The first-order valence-electron chi connectivity index (χ1n) is 11.2. The van der Waals surface area contributed by atoms with Crippen molar-refractivity contribution in [2.75, 3.05) is 19.7 Å². The third-order valence-corrected chi connectivity index (χ3v) is 6.37. The van der Waals surface area contributed by atoms with E-state index in [-0.39, 0.29) is 5.91 Å². The standard InChI is InChI=1S/C28H28N2O2/c1-20-11-12-21(2)23(17-20)19-30-18-22-13-14-29(15-16-32-24-7-4-3-5-8-24)28(31)25-9-6-10-26(30)27(22)25/h3-12,17-18H,13-16,19H2,1-2H3. The van der Waals surface area contributed by atoms with Crippen LogP contribution in [0.2, 0.25) is 0 Å². The van der Waals surface area contributed by atoms with E-state index in [2.05, 4.69) is 48.9 Å². The molecule has 0 radical (unpaired) electrons. The molecule has 32 heavy (non-hydrogen) atoms. The second-order valence-electron chi connectivity index (χ2n) is 8.62. The lowest BCUT2D eigenvalue weighted by atomic mass is 10.0. The minimum absolute atomic E-state index is 0.0931. The highest BCUT2D eigenvalue weighted by molar-refractivity contribution is 6.08. The monoisotopic (exact) mass is 424 g/mol. The summed E-state index contributed by atoms with van der Waals surface area (Å²) in [6.07, 6.45) is 3.09. The van der Waals surface area contributed by atoms with E-state index in [0.29, 0.717) is 19.7 Å². The van der Waals surface area contributed by atoms with Gasteiger partial charge in [-0.1, -0.05) is 48.0 Å². The molecule has 2 heterocycles. The molecule has 0 spiro atoms. The smallest absolute Gasteiger partial charge is 0.254 e. The van der Waals surface area contributed by atoms with Crippen LogP contribution in [0.5, 0.6) is 5.75 Å². The highest BCUT2D eigenvalue weighted by Crippen LogP contribution is 2.30. The lowest BCUT2D eigenvalue weighted by Crippen LogP contribution is -2.35. The third kappa shape index (κ3) is 3.89. The Morgan fingerprint density at radius 2 is 1.81 bits per heavy atom. The fourth-order valence-corrected chi connectivity index (χ4v) is 4.62. The molecule has 0 fully saturated rings. The van der Waals surface area contributed by atoms with Crippen molar-refractivity contribution < 1.29 is 9.53 Å². The Morgan fingerprint density at radius 1 is 0.969 bits per heavy atom. The normalized spacial score (nSPS) is 13.4. The zero-order valence-corrected chi connectivity index (χ0v) is 18.7. The van der Waals surface area contributed by atoms with Crippen molar-refractivity contribution in [3.05, 3.63) is 101 Å². The maximum atomic E-state index is 13.4. The Kier molecular flexibility index (Phi) is 5.44. The average molecular weight is 425 g/mol. The molecular formula is C28H28N2O2.